The van der Waals surface area contributed by atoms with E-state index in [9.17, 15) is 18.7 Å². The van der Waals surface area contributed by atoms with Crippen LogP contribution in [0.25, 0.3) is 0 Å². The molecule has 0 aliphatic heterocycles. The van der Waals surface area contributed by atoms with Crippen LogP contribution in [0.5, 0.6) is 0 Å². The van der Waals surface area contributed by atoms with Crippen molar-refractivity contribution in [1.29, 1.82) is 0 Å². The van der Waals surface area contributed by atoms with Gasteiger partial charge < -0.3 is 14.8 Å². The number of hydrogen-bond acceptors (Lipinski definition) is 4. The number of aliphatic hydroxyl groups is 1. The number of amides is 1. The molecular weight excluding hydrogens is 288 g/mol. The molecule has 1 aliphatic carbocycles. The van der Waals surface area contributed by atoms with Crippen molar-refractivity contribution >= 4 is 17.7 Å². The van der Waals surface area contributed by atoms with E-state index in [0.29, 0.717) is 23.9 Å². The number of thioether (sulfide) groups is 1. The molecule has 1 aromatic rings. The van der Waals surface area contributed by atoms with Crippen LogP contribution < -0.4 is 5.32 Å². The molecule has 2 unspecified atom stereocenters. The zero-order valence-corrected chi connectivity index (χ0v) is 12.0. The summed E-state index contributed by atoms with van der Waals surface area (Å²) in [5.74, 6) is -2.38. The molecule has 1 heterocycles. The lowest BCUT2D eigenvalue weighted by Crippen LogP contribution is -2.61. The first-order chi connectivity index (χ1) is 9.30. The summed E-state index contributed by atoms with van der Waals surface area (Å²) in [4.78, 5) is 12.0. The van der Waals surface area contributed by atoms with Gasteiger partial charge in [-0.05, 0) is 18.6 Å². The quantitative estimate of drug-likeness (QED) is 0.878. The highest BCUT2D eigenvalue weighted by Gasteiger charge is 2.48. The van der Waals surface area contributed by atoms with Gasteiger partial charge in [-0.3, -0.25) is 4.79 Å². The molecule has 2 atom stereocenters. The van der Waals surface area contributed by atoms with E-state index in [1.54, 1.807) is 0 Å². The minimum absolute atomic E-state index is 0.0264. The second-order valence-electron chi connectivity index (χ2n) is 5.44. The van der Waals surface area contributed by atoms with Crippen LogP contribution in [-0.4, -0.2) is 28.9 Å². The fourth-order valence-corrected chi connectivity index (χ4v) is 2.54. The van der Waals surface area contributed by atoms with Gasteiger partial charge in [-0.25, -0.2) is 0 Å². The molecule has 1 aliphatic rings. The topological polar surface area (TPSA) is 62.5 Å². The Morgan fingerprint density at radius 3 is 2.85 bits per heavy atom. The number of hydrogen-bond donors (Lipinski definition) is 2. The molecular formula is C13H17F2NO3S. The minimum atomic E-state index is -2.46. The predicted octanol–water partition coefficient (Wildman–Crippen LogP) is 2.62. The summed E-state index contributed by atoms with van der Waals surface area (Å²) in [6, 6.07) is 2.87. The van der Waals surface area contributed by atoms with E-state index in [1.807, 2.05) is 13.8 Å². The van der Waals surface area contributed by atoms with Gasteiger partial charge in [0, 0.05) is 11.5 Å². The molecule has 7 heteroatoms. The molecule has 4 nitrogen and oxygen atoms in total. The van der Waals surface area contributed by atoms with E-state index in [-0.39, 0.29) is 28.9 Å². The van der Waals surface area contributed by atoms with Crippen LogP contribution in [0.2, 0.25) is 0 Å². The summed E-state index contributed by atoms with van der Waals surface area (Å²) < 4.78 is 29.3. The van der Waals surface area contributed by atoms with Crippen LogP contribution in [0.1, 0.15) is 36.6 Å². The number of furan rings is 1. The van der Waals surface area contributed by atoms with Gasteiger partial charge in [0.25, 0.3) is 11.7 Å². The third-order valence-corrected chi connectivity index (χ3v) is 4.46. The Bertz CT molecular complexity index is 490. The summed E-state index contributed by atoms with van der Waals surface area (Å²) in [5, 5.41) is 12.4. The van der Waals surface area contributed by atoms with Crippen LogP contribution >= 0.6 is 11.8 Å². The van der Waals surface area contributed by atoms with E-state index < -0.39 is 11.9 Å². The molecule has 112 valence electrons. The molecule has 1 aromatic heterocycles. The zero-order chi connectivity index (χ0) is 14.9. The standard InChI is InChI=1S/C13H17F2NO3S/c1-13(2)9(5-10(13)17)16-11(18)8-4-3-7(19-8)6-20-12(14)15/h3-4,9-10,12,17H,5-6H2,1-2H3,(H,16,18). The highest BCUT2D eigenvalue weighted by atomic mass is 32.2. The number of halogens is 2. The second kappa shape index (κ2) is 5.73. The van der Waals surface area contributed by atoms with Gasteiger partial charge in [0.05, 0.1) is 11.9 Å². The summed E-state index contributed by atoms with van der Waals surface area (Å²) in [6.45, 7) is 3.75. The monoisotopic (exact) mass is 305 g/mol. The van der Waals surface area contributed by atoms with Crippen molar-refractivity contribution < 1.29 is 23.1 Å². The fourth-order valence-electron chi connectivity index (χ4n) is 2.10. The number of carbonyl (C=O) groups excluding carboxylic acids is 1. The van der Waals surface area contributed by atoms with Crippen molar-refractivity contribution in [2.45, 2.75) is 43.9 Å². The minimum Gasteiger partial charge on any atom is -0.455 e. The normalized spacial score (nSPS) is 24.5. The average molecular weight is 305 g/mol. The zero-order valence-electron chi connectivity index (χ0n) is 11.2. The Morgan fingerprint density at radius 1 is 1.60 bits per heavy atom. The van der Waals surface area contributed by atoms with Crippen LogP contribution in [-0.2, 0) is 5.75 Å². The van der Waals surface area contributed by atoms with Crippen molar-refractivity contribution in [2.75, 3.05) is 0 Å². The second-order valence-corrected chi connectivity index (χ2v) is 6.41. The number of alkyl halides is 2. The molecule has 1 saturated carbocycles. The molecule has 1 amide bonds. The van der Waals surface area contributed by atoms with Crippen molar-refractivity contribution in [3.63, 3.8) is 0 Å². The number of rotatable bonds is 5. The summed E-state index contributed by atoms with van der Waals surface area (Å²) in [5.41, 5.74) is -0.364. The summed E-state index contributed by atoms with van der Waals surface area (Å²) in [6.07, 6.45) is 0.0792. The predicted molar refractivity (Wildman–Crippen MR) is 71.7 cm³/mol. The van der Waals surface area contributed by atoms with Gasteiger partial charge in [0.2, 0.25) is 0 Å². The largest absolute Gasteiger partial charge is 0.455 e. The van der Waals surface area contributed by atoms with Gasteiger partial charge in [0.15, 0.2) is 5.76 Å². The van der Waals surface area contributed by atoms with Crippen molar-refractivity contribution in [1.82, 2.24) is 5.32 Å². The number of carbonyl (C=O) groups is 1. The first-order valence-corrected chi connectivity index (χ1v) is 7.33. The number of nitrogens with one attached hydrogen (secondary N) is 1. The van der Waals surface area contributed by atoms with Crippen molar-refractivity contribution in [3.05, 3.63) is 23.7 Å². The Morgan fingerprint density at radius 2 is 2.30 bits per heavy atom. The summed E-state index contributed by atoms with van der Waals surface area (Å²) >= 11 is 0.447. The Hall–Kier alpha value is -1.08. The molecule has 0 aromatic carbocycles. The van der Waals surface area contributed by atoms with Gasteiger partial charge in [-0.15, -0.1) is 0 Å². The van der Waals surface area contributed by atoms with E-state index in [4.69, 9.17) is 4.42 Å². The molecule has 2 N–H and O–H groups in total. The Labute approximate surface area is 119 Å². The fraction of sp³-hybridized carbons (Fsp3) is 0.615. The Kier molecular flexibility index (Phi) is 4.39. The maximum absolute atomic E-state index is 12.1. The van der Waals surface area contributed by atoms with E-state index in [2.05, 4.69) is 5.32 Å². The lowest BCUT2D eigenvalue weighted by molar-refractivity contribution is -0.0691. The van der Waals surface area contributed by atoms with Crippen LogP contribution in [0, 0.1) is 5.41 Å². The van der Waals surface area contributed by atoms with E-state index in [1.165, 1.54) is 12.1 Å². The summed E-state index contributed by atoms with van der Waals surface area (Å²) in [7, 11) is 0. The first-order valence-electron chi connectivity index (χ1n) is 6.28. The maximum Gasteiger partial charge on any atom is 0.287 e. The smallest absolute Gasteiger partial charge is 0.287 e. The van der Waals surface area contributed by atoms with Crippen molar-refractivity contribution in [2.24, 2.45) is 5.41 Å². The first kappa shape index (κ1) is 15.3. The van der Waals surface area contributed by atoms with E-state index in [0.717, 1.165) is 0 Å². The third-order valence-electron chi connectivity index (χ3n) is 3.76. The molecule has 2 rings (SSSR count). The lowest BCUT2D eigenvalue weighted by Gasteiger charge is -2.49. The van der Waals surface area contributed by atoms with Gasteiger partial charge in [0.1, 0.15) is 5.76 Å². The molecule has 0 saturated heterocycles. The molecule has 0 spiro atoms. The van der Waals surface area contributed by atoms with Crippen LogP contribution in [0.4, 0.5) is 8.78 Å². The van der Waals surface area contributed by atoms with Gasteiger partial charge >= 0.3 is 0 Å². The van der Waals surface area contributed by atoms with Gasteiger partial charge in [-0.2, -0.15) is 8.78 Å². The van der Waals surface area contributed by atoms with Crippen molar-refractivity contribution in [3.8, 4) is 0 Å². The van der Waals surface area contributed by atoms with Crippen LogP contribution in [0.15, 0.2) is 16.5 Å². The molecule has 0 bridgehead atoms. The third kappa shape index (κ3) is 3.15. The molecule has 0 radical (unpaired) electrons. The Balaban J connectivity index is 1.90. The molecule has 20 heavy (non-hydrogen) atoms. The van der Waals surface area contributed by atoms with Gasteiger partial charge in [-0.1, -0.05) is 25.6 Å². The van der Waals surface area contributed by atoms with E-state index >= 15 is 0 Å². The highest BCUT2D eigenvalue weighted by Crippen LogP contribution is 2.40. The molecule has 1 fully saturated rings. The lowest BCUT2D eigenvalue weighted by atomic mass is 9.64. The maximum atomic E-state index is 12.1. The number of aliphatic hydroxyl groups excluding tert-OH is 1. The SMILES string of the molecule is CC1(C)C(O)CC1NC(=O)c1ccc(CSC(F)F)o1. The average Bonchev–Trinajstić information content (AvgIpc) is 2.84. The highest BCUT2D eigenvalue weighted by molar-refractivity contribution is 7.98. The van der Waals surface area contributed by atoms with Crippen LogP contribution in [0.3, 0.4) is 0 Å².